The molecule has 4 rings (SSSR count). The maximum absolute atomic E-state index is 13.1. The summed E-state index contributed by atoms with van der Waals surface area (Å²) >= 11 is 3.41. The Hall–Kier alpha value is -3.06. The summed E-state index contributed by atoms with van der Waals surface area (Å²) < 4.78 is 6.26. The standard InChI is InChI=1S/C25H26BrN3O3/c1-28(17-21-8-5-15-32-21)25(31)22-9-2-3-10-23(22)29-13-11-20(12-14-29)27-24(30)18-6-4-7-19(26)16-18/h2-10,15-16,20H,11-14,17H2,1H3,(H,27,30). The number of para-hydroxylation sites is 1. The Morgan fingerprint density at radius 3 is 2.59 bits per heavy atom. The van der Waals surface area contributed by atoms with Crippen molar-refractivity contribution < 1.29 is 14.0 Å². The second-order valence-corrected chi connectivity index (χ2v) is 8.92. The molecule has 0 atom stereocenters. The molecule has 0 unspecified atom stereocenters. The van der Waals surface area contributed by atoms with Crippen LogP contribution in [-0.2, 0) is 6.54 Å². The third-order valence-electron chi connectivity index (χ3n) is 5.71. The molecule has 1 aliphatic heterocycles. The van der Waals surface area contributed by atoms with Gasteiger partial charge in [0.25, 0.3) is 11.8 Å². The Balaban J connectivity index is 1.38. The molecule has 2 heterocycles. The number of rotatable bonds is 6. The molecule has 0 aliphatic carbocycles. The number of amides is 2. The maximum Gasteiger partial charge on any atom is 0.256 e. The van der Waals surface area contributed by atoms with Gasteiger partial charge in [0.2, 0.25) is 0 Å². The number of furan rings is 1. The van der Waals surface area contributed by atoms with Crippen LogP contribution in [0.3, 0.4) is 0 Å². The van der Waals surface area contributed by atoms with Gasteiger partial charge in [0.05, 0.1) is 18.4 Å². The summed E-state index contributed by atoms with van der Waals surface area (Å²) in [7, 11) is 1.78. The number of hydrogen-bond acceptors (Lipinski definition) is 4. The molecule has 2 amide bonds. The van der Waals surface area contributed by atoms with Crippen LogP contribution in [0.2, 0.25) is 0 Å². The molecule has 3 aromatic rings. The zero-order valence-electron chi connectivity index (χ0n) is 18.0. The Kier molecular flexibility index (Phi) is 6.95. The molecule has 6 nitrogen and oxygen atoms in total. The van der Waals surface area contributed by atoms with Gasteiger partial charge in [-0.1, -0.05) is 34.1 Å². The highest BCUT2D eigenvalue weighted by Gasteiger charge is 2.25. The van der Waals surface area contributed by atoms with E-state index in [0.29, 0.717) is 17.7 Å². The van der Waals surface area contributed by atoms with E-state index in [1.165, 1.54) is 0 Å². The number of carbonyl (C=O) groups excluding carboxylic acids is 2. The number of nitrogens with one attached hydrogen (secondary N) is 1. The minimum atomic E-state index is -0.0557. The van der Waals surface area contributed by atoms with Crippen molar-refractivity contribution in [2.45, 2.75) is 25.4 Å². The third-order valence-corrected chi connectivity index (χ3v) is 6.21. The molecule has 1 aliphatic rings. The van der Waals surface area contributed by atoms with Crippen LogP contribution in [0.1, 0.15) is 39.3 Å². The SMILES string of the molecule is CN(Cc1ccco1)C(=O)c1ccccc1N1CCC(NC(=O)c2cccc(Br)c2)CC1. The predicted molar refractivity (Wildman–Crippen MR) is 128 cm³/mol. The topological polar surface area (TPSA) is 65.8 Å². The van der Waals surface area contributed by atoms with Gasteiger partial charge in [-0.2, -0.15) is 0 Å². The van der Waals surface area contributed by atoms with Crippen LogP contribution >= 0.6 is 15.9 Å². The van der Waals surface area contributed by atoms with E-state index in [1.807, 2.05) is 60.7 Å². The first-order valence-electron chi connectivity index (χ1n) is 10.7. The van der Waals surface area contributed by atoms with Crippen molar-refractivity contribution in [1.29, 1.82) is 0 Å². The molecule has 1 fully saturated rings. The highest BCUT2D eigenvalue weighted by Crippen LogP contribution is 2.26. The van der Waals surface area contributed by atoms with Crippen LogP contribution in [0.4, 0.5) is 5.69 Å². The molecule has 0 radical (unpaired) electrons. The van der Waals surface area contributed by atoms with Gasteiger partial charge in [-0.3, -0.25) is 9.59 Å². The zero-order chi connectivity index (χ0) is 22.5. The molecule has 0 saturated carbocycles. The average Bonchev–Trinajstić information content (AvgIpc) is 3.32. The number of anilines is 1. The molecule has 166 valence electrons. The summed E-state index contributed by atoms with van der Waals surface area (Å²) in [6.45, 7) is 1.97. The first kappa shape index (κ1) is 22.1. The normalized spacial score (nSPS) is 14.2. The molecule has 32 heavy (non-hydrogen) atoms. The molecule has 1 aromatic heterocycles. The molecule has 2 aromatic carbocycles. The van der Waals surface area contributed by atoms with Gasteiger partial charge in [0.15, 0.2) is 0 Å². The predicted octanol–water partition coefficient (Wildman–Crippen LogP) is 4.71. The lowest BCUT2D eigenvalue weighted by molar-refractivity contribution is 0.0776. The summed E-state index contributed by atoms with van der Waals surface area (Å²) in [5.41, 5.74) is 2.26. The van der Waals surface area contributed by atoms with Crippen LogP contribution in [-0.4, -0.2) is 42.9 Å². The Bertz CT molecular complexity index is 1080. The second-order valence-electron chi connectivity index (χ2n) is 8.00. The molecule has 0 bridgehead atoms. The summed E-state index contributed by atoms with van der Waals surface area (Å²) in [5, 5.41) is 3.14. The molecular weight excluding hydrogens is 470 g/mol. The molecule has 0 spiro atoms. The number of benzene rings is 2. The lowest BCUT2D eigenvalue weighted by Gasteiger charge is -2.35. The van der Waals surface area contributed by atoms with E-state index < -0.39 is 0 Å². The maximum atomic E-state index is 13.1. The fraction of sp³-hybridized carbons (Fsp3) is 0.280. The fourth-order valence-electron chi connectivity index (χ4n) is 4.01. The number of halogens is 1. The van der Waals surface area contributed by atoms with Crippen LogP contribution in [0.5, 0.6) is 0 Å². The molecule has 1 saturated heterocycles. The Morgan fingerprint density at radius 1 is 1.09 bits per heavy atom. The van der Waals surface area contributed by atoms with Crippen LogP contribution in [0.25, 0.3) is 0 Å². The monoisotopic (exact) mass is 495 g/mol. The Labute approximate surface area is 196 Å². The van der Waals surface area contributed by atoms with Crippen molar-refractivity contribution in [2.75, 3.05) is 25.0 Å². The van der Waals surface area contributed by atoms with E-state index in [-0.39, 0.29) is 17.9 Å². The number of nitrogens with zero attached hydrogens (tertiary/aromatic N) is 2. The van der Waals surface area contributed by atoms with Crippen molar-refractivity contribution in [1.82, 2.24) is 10.2 Å². The van der Waals surface area contributed by atoms with E-state index in [0.717, 1.165) is 41.9 Å². The molecular formula is C25H26BrN3O3. The average molecular weight is 496 g/mol. The molecule has 7 heteroatoms. The van der Waals surface area contributed by atoms with Crippen molar-refractivity contribution in [3.8, 4) is 0 Å². The van der Waals surface area contributed by atoms with Crippen molar-refractivity contribution in [2.24, 2.45) is 0 Å². The minimum Gasteiger partial charge on any atom is -0.467 e. The second kappa shape index (κ2) is 10.0. The summed E-state index contributed by atoms with van der Waals surface area (Å²) in [4.78, 5) is 29.6. The van der Waals surface area contributed by atoms with Crippen molar-refractivity contribution in [3.05, 3.63) is 88.3 Å². The van der Waals surface area contributed by atoms with Crippen molar-refractivity contribution in [3.63, 3.8) is 0 Å². The van der Waals surface area contributed by atoms with E-state index in [1.54, 1.807) is 18.2 Å². The lowest BCUT2D eigenvalue weighted by atomic mass is 10.0. The van der Waals surface area contributed by atoms with Gasteiger partial charge < -0.3 is 19.5 Å². The van der Waals surface area contributed by atoms with E-state index in [4.69, 9.17) is 4.42 Å². The Morgan fingerprint density at radius 2 is 1.88 bits per heavy atom. The highest BCUT2D eigenvalue weighted by molar-refractivity contribution is 9.10. The van der Waals surface area contributed by atoms with Gasteiger partial charge >= 0.3 is 0 Å². The van der Waals surface area contributed by atoms with E-state index in [9.17, 15) is 9.59 Å². The van der Waals surface area contributed by atoms with Gasteiger partial charge in [0, 0.05) is 41.9 Å². The van der Waals surface area contributed by atoms with Gasteiger partial charge in [0.1, 0.15) is 5.76 Å². The largest absolute Gasteiger partial charge is 0.467 e. The van der Waals surface area contributed by atoms with Crippen molar-refractivity contribution >= 4 is 33.4 Å². The summed E-state index contributed by atoms with van der Waals surface area (Å²) in [5.74, 6) is 0.655. The summed E-state index contributed by atoms with van der Waals surface area (Å²) in [6, 6.07) is 18.9. The molecule has 1 N–H and O–H groups in total. The third kappa shape index (κ3) is 5.22. The summed E-state index contributed by atoms with van der Waals surface area (Å²) in [6.07, 6.45) is 3.26. The van der Waals surface area contributed by atoms with E-state index in [2.05, 4.69) is 26.1 Å². The lowest BCUT2D eigenvalue weighted by Crippen LogP contribution is -2.45. The highest BCUT2D eigenvalue weighted by atomic mass is 79.9. The zero-order valence-corrected chi connectivity index (χ0v) is 19.5. The fourth-order valence-corrected chi connectivity index (χ4v) is 4.41. The number of carbonyl (C=O) groups is 2. The van der Waals surface area contributed by atoms with E-state index >= 15 is 0 Å². The first-order valence-corrected chi connectivity index (χ1v) is 11.5. The number of piperidine rings is 1. The first-order chi connectivity index (χ1) is 15.5. The quantitative estimate of drug-likeness (QED) is 0.537. The smallest absolute Gasteiger partial charge is 0.256 e. The number of hydrogen-bond donors (Lipinski definition) is 1. The van der Waals surface area contributed by atoms with Gasteiger partial charge in [-0.15, -0.1) is 0 Å². The minimum absolute atomic E-state index is 0.0397. The van der Waals surface area contributed by atoms with Crippen LogP contribution in [0, 0.1) is 0 Å². The van der Waals surface area contributed by atoms with Crippen LogP contribution < -0.4 is 10.2 Å². The van der Waals surface area contributed by atoms with Crippen LogP contribution in [0.15, 0.2) is 75.8 Å². The van der Waals surface area contributed by atoms with Gasteiger partial charge in [-0.25, -0.2) is 0 Å². The van der Waals surface area contributed by atoms with Gasteiger partial charge in [-0.05, 0) is 55.3 Å².